The van der Waals surface area contributed by atoms with Crippen LogP contribution in [0.3, 0.4) is 0 Å². The van der Waals surface area contributed by atoms with Crippen LogP contribution in [0.4, 0.5) is 0 Å². The molecule has 0 rings (SSSR count). The number of hydrogen-bond acceptors (Lipinski definition) is 6. The van der Waals surface area contributed by atoms with Gasteiger partial charge in [0, 0.05) is 31.9 Å². The van der Waals surface area contributed by atoms with Gasteiger partial charge in [0.05, 0.1) is 0 Å². The maximum absolute atomic E-state index is 12.8. The van der Waals surface area contributed by atoms with Crippen LogP contribution in [-0.2, 0) is 19.2 Å². The zero-order valence-electron chi connectivity index (χ0n) is 50.4. The first-order valence-electron chi connectivity index (χ1n) is 32.9. The van der Waals surface area contributed by atoms with Crippen LogP contribution in [0.1, 0.15) is 361 Å². The van der Waals surface area contributed by atoms with Gasteiger partial charge in [-0.3, -0.25) is 9.59 Å². The minimum atomic E-state index is -1.32. The fraction of sp³-hybridized carbons (Fsp3) is 0.938. The zero-order valence-corrected chi connectivity index (χ0v) is 53.2. The van der Waals surface area contributed by atoms with E-state index in [0.717, 1.165) is 64.5 Å². The molecule has 8 nitrogen and oxygen atoms in total. The molecule has 0 aliphatic carbocycles. The van der Waals surface area contributed by atoms with E-state index in [0.29, 0.717) is 18.7 Å². The van der Waals surface area contributed by atoms with Crippen molar-refractivity contribution in [2.24, 2.45) is 0 Å². The van der Waals surface area contributed by atoms with Crippen molar-refractivity contribution in [3.05, 3.63) is 0 Å². The van der Waals surface area contributed by atoms with E-state index in [1.54, 1.807) is 0 Å². The number of aliphatic carboxylic acids is 2. The molecular formula is C65H125N2NaO6S. The summed E-state index contributed by atoms with van der Waals surface area (Å²) in [5.74, 6) is 0.204. The summed E-state index contributed by atoms with van der Waals surface area (Å²) in [4.78, 5) is 48.7. The molecule has 0 aromatic carbocycles. The molecule has 0 radical (unpaired) electrons. The largest absolute Gasteiger partial charge is 1.00 e. The normalized spacial score (nSPS) is 11.7. The molecule has 1 unspecified atom stereocenters. The second-order valence-electron chi connectivity index (χ2n) is 22.8. The van der Waals surface area contributed by atoms with E-state index in [1.165, 1.54) is 275 Å². The van der Waals surface area contributed by atoms with Crippen molar-refractivity contribution in [1.29, 1.82) is 0 Å². The molecule has 0 aliphatic rings. The third kappa shape index (κ3) is 60.7. The molecule has 1 atom stereocenters. The van der Waals surface area contributed by atoms with Gasteiger partial charge in [-0.2, -0.15) is 11.8 Å². The van der Waals surface area contributed by atoms with E-state index >= 15 is 0 Å². The van der Waals surface area contributed by atoms with Crippen molar-refractivity contribution >= 4 is 35.5 Å². The van der Waals surface area contributed by atoms with Crippen LogP contribution in [0.25, 0.3) is 0 Å². The summed E-state index contributed by atoms with van der Waals surface area (Å²) < 4.78 is 0. The number of thioether (sulfide) groups is 1. The van der Waals surface area contributed by atoms with Gasteiger partial charge in [0.2, 0.25) is 11.8 Å². The Morgan fingerprint density at radius 3 is 0.973 bits per heavy atom. The molecule has 438 valence electrons. The van der Waals surface area contributed by atoms with Gasteiger partial charge >= 0.3 is 35.5 Å². The Morgan fingerprint density at radius 1 is 0.400 bits per heavy atom. The summed E-state index contributed by atoms with van der Waals surface area (Å²) in [5.41, 5.74) is 0. The second-order valence-corrected chi connectivity index (χ2v) is 24.0. The number of nitrogens with zero attached hydrogens (tertiary/aromatic N) is 1. The van der Waals surface area contributed by atoms with Gasteiger partial charge in [0.1, 0.15) is 6.04 Å². The van der Waals surface area contributed by atoms with Gasteiger partial charge < -0.3 is 25.2 Å². The molecule has 0 aromatic rings. The predicted octanol–water partition coefficient (Wildman–Crippen LogP) is 16.0. The average molecular weight is 1090 g/mol. The van der Waals surface area contributed by atoms with Crippen molar-refractivity contribution in [1.82, 2.24) is 10.2 Å². The van der Waals surface area contributed by atoms with E-state index in [9.17, 15) is 24.3 Å². The Morgan fingerprint density at radius 2 is 0.680 bits per heavy atom. The number of carboxylic acid groups (broad SMARTS) is 2. The standard InChI is InChI=1S/C65H126N2O6S.Na/c1-3-5-6-7-8-9-37-42-47-52-59-74-60-53-48-43-38-33-31-29-27-25-23-21-19-17-15-13-11-10-12-14-16-18-20-22-24-26-28-30-32-34-40-45-50-55-63(69)67(4-2)58-51-46-41-36-35-39-44-49-54-62(68)66-61(65(72)73)56-57-64(70)71;/h61H,3-60H2,1-2H3,(H,66,68)(H,70,71)(H,72,73);/q;+1/p-1. The molecule has 0 saturated carbocycles. The SMILES string of the molecule is CCCCCCCCCCCCSCCCCCCCCCCCCCCCCCCCCCCCCCCCCCCCCCCC(=O)N(CC)CCCCCCCCCCC(=O)NC(CCC(=O)[O-])C(=O)O.[Na+]. The van der Waals surface area contributed by atoms with Gasteiger partial charge in [-0.05, 0) is 63.4 Å². The summed E-state index contributed by atoms with van der Waals surface area (Å²) >= 11 is 2.22. The van der Waals surface area contributed by atoms with Crippen LogP contribution in [0.2, 0.25) is 0 Å². The van der Waals surface area contributed by atoms with Crippen LogP contribution < -0.4 is 40.0 Å². The minimum Gasteiger partial charge on any atom is -0.550 e. The third-order valence-corrected chi connectivity index (χ3v) is 16.8. The summed E-state index contributed by atoms with van der Waals surface area (Å²) in [6, 6.07) is -1.19. The van der Waals surface area contributed by atoms with Gasteiger partial charge in [0.25, 0.3) is 0 Å². The summed E-state index contributed by atoms with van der Waals surface area (Å²) in [6.45, 7) is 6.03. The summed E-state index contributed by atoms with van der Waals surface area (Å²) in [5, 5.41) is 22.2. The van der Waals surface area contributed by atoms with Crippen molar-refractivity contribution in [3.8, 4) is 0 Å². The maximum atomic E-state index is 12.8. The fourth-order valence-electron chi connectivity index (χ4n) is 10.6. The van der Waals surface area contributed by atoms with Crippen LogP contribution in [0, 0.1) is 0 Å². The molecule has 75 heavy (non-hydrogen) atoms. The van der Waals surface area contributed by atoms with Crippen molar-refractivity contribution in [3.63, 3.8) is 0 Å². The number of hydrogen-bond donors (Lipinski definition) is 2. The number of rotatable bonds is 63. The number of carbonyl (C=O) groups is 4. The van der Waals surface area contributed by atoms with Crippen molar-refractivity contribution in [2.75, 3.05) is 24.6 Å². The first kappa shape index (κ1) is 76.3. The van der Waals surface area contributed by atoms with Crippen LogP contribution >= 0.6 is 11.8 Å². The van der Waals surface area contributed by atoms with E-state index in [4.69, 9.17) is 5.11 Å². The fourth-order valence-corrected chi connectivity index (χ4v) is 11.7. The Hall–Kier alpha value is -0.770. The topological polar surface area (TPSA) is 127 Å². The molecule has 10 heteroatoms. The minimum absolute atomic E-state index is 0. The van der Waals surface area contributed by atoms with E-state index < -0.39 is 24.4 Å². The molecule has 0 aliphatic heterocycles. The smallest absolute Gasteiger partial charge is 0.550 e. The third-order valence-electron chi connectivity index (χ3n) is 15.7. The van der Waals surface area contributed by atoms with E-state index in [-0.39, 0.29) is 48.3 Å². The Labute approximate surface area is 492 Å². The van der Waals surface area contributed by atoms with E-state index in [2.05, 4.69) is 30.9 Å². The number of carboxylic acids is 2. The Bertz CT molecular complexity index is 1210. The quantitative estimate of drug-likeness (QED) is 0.0459. The van der Waals surface area contributed by atoms with Gasteiger partial charge in [0.15, 0.2) is 0 Å². The summed E-state index contributed by atoms with van der Waals surface area (Å²) in [6.07, 6.45) is 68.2. The molecule has 0 saturated heterocycles. The molecular weight excluding hydrogens is 960 g/mol. The zero-order chi connectivity index (χ0) is 53.9. The summed E-state index contributed by atoms with van der Waals surface area (Å²) in [7, 11) is 0. The number of nitrogens with one attached hydrogen (secondary N) is 1. The van der Waals surface area contributed by atoms with Crippen molar-refractivity contribution in [2.45, 2.75) is 367 Å². The van der Waals surface area contributed by atoms with Crippen LogP contribution in [0.5, 0.6) is 0 Å². The number of amides is 2. The number of carbonyl (C=O) groups excluding carboxylic acids is 3. The van der Waals surface area contributed by atoms with Crippen LogP contribution in [-0.4, -0.2) is 64.4 Å². The van der Waals surface area contributed by atoms with Crippen molar-refractivity contribution < 1.29 is 58.9 Å². The first-order chi connectivity index (χ1) is 36.3. The van der Waals surface area contributed by atoms with Crippen LogP contribution in [0.15, 0.2) is 0 Å². The van der Waals surface area contributed by atoms with Gasteiger partial charge in [-0.1, -0.05) is 296 Å². The molecule has 0 aromatic heterocycles. The van der Waals surface area contributed by atoms with Gasteiger partial charge in [-0.25, -0.2) is 4.79 Å². The predicted molar refractivity (Wildman–Crippen MR) is 319 cm³/mol. The monoisotopic (exact) mass is 1080 g/mol. The van der Waals surface area contributed by atoms with E-state index in [1.807, 2.05) is 4.90 Å². The molecule has 0 bridgehead atoms. The Kier molecular flexibility index (Phi) is 65.2. The molecule has 2 amide bonds. The molecule has 2 N–H and O–H groups in total. The average Bonchev–Trinajstić information content (AvgIpc) is 3.38. The molecule has 0 spiro atoms. The number of unbranched alkanes of at least 4 members (excludes halogenated alkanes) is 47. The maximum Gasteiger partial charge on any atom is 1.00 e. The van der Waals surface area contributed by atoms with Gasteiger partial charge in [-0.15, -0.1) is 0 Å². The first-order valence-corrected chi connectivity index (χ1v) is 34.0. The second kappa shape index (κ2) is 64.1. The Balaban J connectivity index is 0. The molecule has 0 heterocycles. The molecule has 0 fully saturated rings.